The number of imide groups is 1. The average molecular weight is 360 g/mol. The number of aliphatic hydroxyl groups is 1. The number of hydrogen-bond donors (Lipinski definition) is 2. The van der Waals surface area contributed by atoms with Crippen LogP contribution < -0.4 is 10.1 Å². The van der Waals surface area contributed by atoms with E-state index in [1.54, 1.807) is 0 Å². The number of nitrogens with one attached hydrogen (secondary N) is 1. The van der Waals surface area contributed by atoms with Gasteiger partial charge in [0.15, 0.2) is 0 Å². The highest BCUT2D eigenvalue weighted by molar-refractivity contribution is 6.07. The summed E-state index contributed by atoms with van der Waals surface area (Å²) in [5.41, 5.74) is 1.41. The van der Waals surface area contributed by atoms with Crippen LogP contribution in [0.3, 0.4) is 0 Å². The van der Waals surface area contributed by atoms with Gasteiger partial charge < -0.3 is 15.2 Å². The molecular formula is C20H28N2O4. The second kappa shape index (κ2) is 7.27. The first-order valence-corrected chi connectivity index (χ1v) is 9.38. The van der Waals surface area contributed by atoms with Crippen molar-refractivity contribution in [2.75, 3.05) is 13.2 Å². The molecule has 1 aromatic rings. The molecule has 26 heavy (non-hydrogen) atoms. The Balaban J connectivity index is 1.61. The first-order valence-electron chi connectivity index (χ1n) is 9.38. The van der Waals surface area contributed by atoms with Gasteiger partial charge in [-0.1, -0.05) is 38.8 Å². The van der Waals surface area contributed by atoms with E-state index in [0.29, 0.717) is 18.8 Å². The molecule has 3 amide bonds. The molecule has 2 fully saturated rings. The lowest BCUT2D eigenvalue weighted by Gasteiger charge is -2.22. The van der Waals surface area contributed by atoms with Crippen molar-refractivity contribution in [3.05, 3.63) is 29.3 Å². The molecule has 1 aliphatic heterocycles. The quantitative estimate of drug-likeness (QED) is 0.765. The van der Waals surface area contributed by atoms with E-state index >= 15 is 0 Å². The lowest BCUT2D eigenvalue weighted by atomic mass is 9.98. The molecular weight excluding hydrogens is 332 g/mol. The van der Waals surface area contributed by atoms with Gasteiger partial charge in [0.05, 0.1) is 6.54 Å². The monoisotopic (exact) mass is 360 g/mol. The van der Waals surface area contributed by atoms with Crippen molar-refractivity contribution in [2.45, 2.75) is 64.0 Å². The van der Waals surface area contributed by atoms with Gasteiger partial charge in [-0.2, -0.15) is 0 Å². The fraction of sp³-hybridized carbons (Fsp3) is 0.600. The first-order chi connectivity index (χ1) is 12.3. The molecule has 6 nitrogen and oxygen atoms in total. The summed E-state index contributed by atoms with van der Waals surface area (Å²) in [6.45, 7) is 6.15. The number of hydrogen-bond acceptors (Lipinski definition) is 4. The van der Waals surface area contributed by atoms with Crippen molar-refractivity contribution in [1.82, 2.24) is 10.2 Å². The summed E-state index contributed by atoms with van der Waals surface area (Å²) in [7, 11) is 0. The van der Waals surface area contributed by atoms with E-state index in [-0.39, 0.29) is 19.1 Å². The predicted octanol–water partition coefficient (Wildman–Crippen LogP) is 2.72. The van der Waals surface area contributed by atoms with E-state index in [4.69, 9.17) is 4.74 Å². The van der Waals surface area contributed by atoms with Crippen molar-refractivity contribution in [1.29, 1.82) is 0 Å². The number of amides is 3. The summed E-state index contributed by atoms with van der Waals surface area (Å²) in [5, 5.41) is 13.2. The predicted molar refractivity (Wildman–Crippen MR) is 98.2 cm³/mol. The molecule has 1 aliphatic carbocycles. The Bertz CT molecular complexity index is 695. The number of carbonyl (C=O) groups excluding carboxylic acids is 2. The average Bonchev–Trinajstić information content (AvgIpc) is 3.14. The number of urea groups is 1. The summed E-state index contributed by atoms with van der Waals surface area (Å²) in [4.78, 5) is 26.0. The topological polar surface area (TPSA) is 78.9 Å². The zero-order valence-corrected chi connectivity index (χ0v) is 15.7. The van der Waals surface area contributed by atoms with Crippen LogP contribution in [0.1, 0.15) is 56.6 Å². The van der Waals surface area contributed by atoms with Crippen LogP contribution >= 0.6 is 0 Å². The van der Waals surface area contributed by atoms with Crippen molar-refractivity contribution < 1.29 is 19.4 Å². The SMILES string of the molecule is Cc1ccc(C(C)C)c(OC[C@@H](O)CN2C(=O)NC3(CCCC3)C2=O)c1. The number of carbonyl (C=O) groups is 2. The van der Waals surface area contributed by atoms with Crippen LogP contribution in [0.4, 0.5) is 4.79 Å². The molecule has 1 heterocycles. The van der Waals surface area contributed by atoms with Gasteiger partial charge >= 0.3 is 6.03 Å². The molecule has 142 valence electrons. The van der Waals surface area contributed by atoms with Gasteiger partial charge in [-0.15, -0.1) is 0 Å². The van der Waals surface area contributed by atoms with Crippen LogP contribution in [0.2, 0.25) is 0 Å². The lowest BCUT2D eigenvalue weighted by molar-refractivity contribution is -0.132. The van der Waals surface area contributed by atoms with Crippen LogP contribution in [0.5, 0.6) is 5.75 Å². The molecule has 1 saturated carbocycles. The van der Waals surface area contributed by atoms with E-state index in [1.807, 2.05) is 25.1 Å². The number of ether oxygens (including phenoxy) is 1. The van der Waals surface area contributed by atoms with Gasteiger partial charge in [0, 0.05) is 0 Å². The Morgan fingerprint density at radius 2 is 1.96 bits per heavy atom. The van der Waals surface area contributed by atoms with Gasteiger partial charge in [0.25, 0.3) is 5.91 Å². The van der Waals surface area contributed by atoms with Crippen LogP contribution in [0, 0.1) is 6.92 Å². The number of aryl methyl sites for hydroxylation is 1. The molecule has 3 rings (SSSR count). The zero-order chi connectivity index (χ0) is 18.9. The summed E-state index contributed by atoms with van der Waals surface area (Å²) >= 11 is 0. The normalized spacial score (nSPS) is 20.1. The summed E-state index contributed by atoms with van der Waals surface area (Å²) in [6, 6.07) is 5.61. The largest absolute Gasteiger partial charge is 0.491 e. The highest BCUT2D eigenvalue weighted by Gasteiger charge is 2.52. The number of benzene rings is 1. The third-order valence-corrected chi connectivity index (χ3v) is 5.32. The van der Waals surface area contributed by atoms with Crippen molar-refractivity contribution in [3.63, 3.8) is 0 Å². The molecule has 0 bridgehead atoms. The summed E-state index contributed by atoms with van der Waals surface area (Å²) in [6.07, 6.45) is 2.32. The van der Waals surface area contributed by atoms with E-state index in [0.717, 1.165) is 34.6 Å². The van der Waals surface area contributed by atoms with Crippen LogP contribution in [0.15, 0.2) is 18.2 Å². The molecule has 0 unspecified atom stereocenters. The van der Waals surface area contributed by atoms with Crippen LogP contribution in [0.25, 0.3) is 0 Å². The maximum atomic E-state index is 12.6. The second-order valence-electron chi connectivity index (χ2n) is 7.80. The van der Waals surface area contributed by atoms with E-state index in [1.165, 1.54) is 0 Å². The van der Waals surface area contributed by atoms with E-state index in [2.05, 4.69) is 19.2 Å². The minimum absolute atomic E-state index is 0.0350. The molecule has 1 saturated heterocycles. The highest BCUT2D eigenvalue weighted by atomic mass is 16.5. The smallest absolute Gasteiger partial charge is 0.325 e. The fourth-order valence-electron chi connectivity index (χ4n) is 3.85. The standard InChI is InChI=1S/C20H28N2O4/c1-13(2)16-7-6-14(3)10-17(16)26-12-15(23)11-22-18(24)20(21-19(22)25)8-4-5-9-20/h6-7,10,13,15,23H,4-5,8-9,11-12H2,1-3H3,(H,21,25)/t15-/m0/s1. The number of β-amino-alcohol motifs (C(OH)–C–C–N with tert-alkyl or cyclic N) is 1. The van der Waals surface area contributed by atoms with Gasteiger partial charge in [-0.25, -0.2) is 4.79 Å². The molecule has 1 aromatic carbocycles. The van der Waals surface area contributed by atoms with Gasteiger partial charge in [-0.3, -0.25) is 9.69 Å². The minimum atomic E-state index is -0.929. The van der Waals surface area contributed by atoms with Gasteiger partial charge in [0.1, 0.15) is 24.0 Å². The highest BCUT2D eigenvalue weighted by Crippen LogP contribution is 2.35. The molecule has 1 atom stereocenters. The Morgan fingerprint density at radius 3 is 2.62 bits per heavy atom. The molecule has 0 radical (unpaired) electrons. The molecule has 2 aliphatic rings. The minimum Gasteiger partial charge on any atom is -0.491 e. The Labute approximate surface area is 154 Å². The lowest BCUT2D eigenvalue weighted by Crippen LogP contribution is -2.45. The zero-order valence-electron chi connectivity index (χ0n) is 15.7. The fourth-order valence-corrected chi connectivity index (χ4v) is 3.85. The van der Waals surface area contributed by atoms with E-state index < -0.39 is 17.7 Å². The molecule has 1 spiro atoms. The maximum absolute atomic E-state index is 12.6. The third-order valence-electron chi connectivity index (χ3n) is 5.32. The van der Waals surface area contributed by atoms with Crippen molar-refractivity contribution in [3.8, 4) is 5.75 Å². The summed E-state index contributed by atoms with van der Waals surface area (Å²) in [5.74, 6) is 0.830. The van der Waals surface area contributed by atoms with E-state index in [9.17, 15) is 14.7 Å². The number of nitrogens with zero attached hydrogens (tertiary/aromatic N) is 1. The van der Waals surface area contributed by atoms with Crippen LogP contribution in [-0.4, -0.2) is 46.7 Å². The first kappa shape index (κ1) is 18.7. The molecule has 2 N–H and O–H groups in total. The van der Waals surface area contributed by atoms with Gasteiger partial charge in [0.2, 0.25) is 0 Å². The Kier molecular flexibility index (Phi) is 5.23. The maximum Gasteiger partial charge on any atom is 0.325 e. The number of aliphatic hydroxyl groups excluding tert-OH is 1. The molecule has 6 heteroatoms. The Morgan fingerprint density at radius 1 is 1.27 bits per heavy atom. The Hall–Kier alpha value is -2.08. The van der Waals surface area contributed by atoms with Crippen molar-refractivity contribution >= 4 is 11.9 Å². The second-order valence-corrected chi connectivity index (χ2v) is 7.80. The summed E-state index contributed by atoms with van der Waals surface area (Å²) < 4.78 is 5.82. The van der Waals surface area contributed by atoms with Crippen LogP contribution in [-0.2, 0) is 4.79 Å². The number of rotatable bonds is 6. The van der Waals surface area contributed by atoms with Crippen molar-refractivity contribution in [2.24, 2.45) is 0 Å². The van der Waals surface area contributed by atoms with Gasteiger partial charge in [-0.05, 0) is 42.9 Å². The third kappa shape index (κ3) is 3.56. The molecule has 0 aromatic heterocycles.